The lowest BCUT2D eigenvalue weighted by molar-refractivity contribution is -0.119. The fraction of sp³-hybridized carbons (Fsp3) is 0.417. The van der Waals surface area contributed by atoms with E-state index in [1.165, 1.54) is 5.56 Å². The molecular weight excluding hydrogens is 210 g/mol. The molecule has 0 heterocycles. The van der Waals surface area contributed by atoms with E-state index in [4.69, 9.17) is 17.3 Å². The van der Waals surface area contributed by atoms with Crippen LogP contribution in [-0.4, -0.2) is 11.3 Å². The first-order valence-corrected chi connectivity index (χ1v) is 5.38. The Labute approximate surface area is 95.4 Å². The highest BCUT2D eigenvalue weighted by molar-refractivity contribution is 6.31. The zero-order chi connectivity index (χ0) is 11.6. The average molecular weight is 226 g/mol. The highest BCUT2D eigenvalue weighted by Gasteiger charge is 2.21. The van der Waals surface area contributed by atoms with Crippen molar-refractivity contribution in [1.82, 2.24) is 0 Å². The summed E-state index contributed by atoms with van der Waals surface area (Å²) < 4.78 is 0. The predicted octanol–water partition coefficient (Wildman–Crippen LogP) is 2.50. The number of Topliss-reactive ketones (excluding diaryl/α,β-unsaturated/α-hetero) is 1. The maximum absolute atomic E-state index is 11.6. The Kier molecular flexibility index (Phi) is 3.89. The van der Waals surface area contributed by atoms with E-state index < -0.39 is 5.50 Å². The molecule has 0 aliphatic rings. The first-order chi connectivity index (χ1) is 6.95. The number of carbonyl (C=O) groups excluding carboxylic acids is 1. The van der Waals surface area contributed by atoms with E-state index in [0.717, 1.165) is 11.1 Å². The van der Waals surface area contributed by atoms with Crippen molar-refractivity contribution in [2.45, 2.75) is 32.2 Å². The van der Waals surface area contributed by atoms with Crippen LogP contribution in [0.1, 0.15) is 29.5 Å². The van der Waals surface area contributed by atoms with Gasteiger partial charge in [-0.15, -0.1) is 0 Å². The Morgan fingerprint density at radius 3 is 2.53 bits per heavy atom. The number of halogens is 1. The molecule has 0 spiro atoms. The van der Waals surface area contributed by atoms with Crippen LogP contribution >= 0.6 is 11.6 Å². The van der Waals surface area contributed by atoms with Gasteiger partial charge >= 0.3 is 0 Å². The molecule has 2 N–H and O–H groups in total. The van der Waals surface area contributed by atoms with Crippen molar-refractivity contribution >= 4 is 17.4 Å². The molecule has 82 valence electrons. The fourth-order valence-electron chi connectivity index (χ4n) is 1.63. The summed E-state index contributed by atoms with van der Waals surface area (Å²) in [6.45, 7) is 5.87. The van der Waals surface area contributed by atoms with Crippen molar-refractivity contribution in [2.75, 3.05) is 0 Å². The number of hydrogen-bond acceptors (Lipinski definition) is 2. The molecule has 3 heteroatoms. The van der Waals surface area contributed by atoms with E-state index in [9.17, 15) is 4.79 Å². The number of ketones is 1. The molecule has 1 aromatic rings. The molecule has 0 saturated carbocycles. The zero-order valence-electron chi connectivity index (χ0n) is 9.25. The third-order valence-corrected chi connectivity index (χ3v) is 3.03. The summed E-state index contributed by atoms with van der Waals surface area (Å²) in [5.74, 6) is -0.372. The maximum Gasteiger partial charge on any atom is 0.171 e. The van der Waals surface area contributed by atoms with Gasteiger partial charge in [0.1, 0.15) is 5.50 Å². The predicted molar refractivity (Wildman–Crippen MR) is 63.2 cm³/mol. The molecular formula is C12H16ClNO. The monoisotopic (exact) mass is 225 g/mol. The number of rotatable bonds is 3. The standard InChI is InChI=1S/C12H16ClNO/c1-7-5-4-6-10(8(7)2)9(3)11(15)12(13)14/h4-6,9,12H,14H2,1-3H3. The van der Waals surface area contributed by atoms with Gasteiger partial charge in [-0.25, -0.2) is 0 Å². The van der Waals surface area contributed by atoms with Gasteiger partial charge in [0.05, 0.1) is 0 Å². The van der Waals surface area contributed by atoms with Crippen molar-refractivity contribution in [3.05, 3.63) is 34.9 Å². The molecule has 0 amide bonds. The Hall–Kier alpha value is -0.860. The van der Waals surface area contributed by atoms with E-state index in [1.807, 2.05) is 39.0 Å². The van der Waals surface area contributed by atoms with Crippen LogP contribution in [0.25, 0.3) is 0 Å². The van der Waals surface area contributed by atoms with Crippen molar-refractivity contribution in [2.24, 2.45) is 5.73 Å². The van der Waals surface area contributed by atoms with Crippen LogP contribution in [0, 0.1) is 13.8 Å². The molecule has 0 radical (unpaired) electrons. The number of nitrogens with two attached hydrogens (primary N) is 1. The molecule has 0 aliphatic heterocycles. The van der Waals surface area contributed by atoms with Gasteiger partial charge in [0.25, 0.3) is 0 Å². The van der Waals surface area contributed by atoms with E-state index in [0.29, 0.717) is 0 Å². The van der Waals surface area contributed by atoms with E-state index in [-0.39, 0.29) is 11.7 Å². The molecule has 0 saturated heterocycles. The van der Waals surface area contributed by atoms with Crippen LogP contribution in [0.5, 0.6) is 0 Å². The summed E-state index contributed by atoms with van der Waals surface area (Å²) in [5.41, 5.74) is 7.78. The second-order valence-corrected chi connectivity index (χ2v) is 4.29. The average Bonchev–Trinajstić information content (AvgIpc) is 2.20. The SMILES string of the molecule is Cc1cccc(C(C)C(=O)C(N)Cl)c1C. The first-order valence-electron chi connectivity index (χ1n) is 4.94. The molecule has 0 fully saturated rings. The highest BCUT2D eigenvalue weighted by atomic mass is 35.5. The minimum atomic E-state index is -0.917. The summed E-state index contributed by atoms with van der Waals surface area (Å²) >= 11 is 5.59. The summed E-state index contributed by atoms with van der Waals surface area (Å²) in [5, 5.41) is 0. The van der Waals surface area contributed by atoms with Crippen LogP contribution in [0.3, 0.4) is 0 Å². The zero-order valence-corrected chi connectivity index (χ0v) is 10.0. The van der Waals surface area contributed by atoms with E-state index in [1.54, 1.807) is 0 Å². The number of carbonyl (C=O) groups is 1. The minimum absolute atomic E-state index is 0.134. The largest absolute Gasteiger partial charge is 0.309 e. The van der Waals surface area contributed by atoms with Crippen molar-refractivity contribution in [3.8, 4) is 0 Å². The highest BCUT2D eigenvalue weighted by Crippen LogP contribution is 2.23. The van der Waals surface area contributed by atoms with Crippen molar-refractivity contribution in [1.29, 1.82) is 0 Å². The van der Waals surface area contributed by atoms with Crippen LogP contribution in [0.15, 0.2) is 18.2 Å². The lowest BCUT2D eigenvalue weighted by Crippen LogP contribution is -2.28. The third-order valence-electron chi connectivity index (χ3n) is 2.81. The van der Waals surface area contributed by atoms with Gasteiger partial charge in [-0.3, -0.25) is 4.79 Å². The second kappa shape index (κ2) is 4.77. The second-order valence-electron chi connectivity index (χ2n) is 3.81. The molecule has 0 bridgehead atoms. The summed E-state index contributed by atoms with van der Waals surface area (Å²) in [6.07, 6.45) is 0. The quantitative estimate of drug-likeness (QED) is 0.635. The van der Waals surface area contributed by atoms with Gasteiger partial charge in [0.15, 0.2) is 5.78 Å². The van der Waals surface area contributed by atoms with Crippen molar-refractivity contribution < 1.29 is 4.79 Å². The van der Waals surface area contributed by atoms with Crippen LogP contribution in [-0.2, 0) is 4.79 Å². The molecule has 1 rings (SSSR count). The first kappa shape index (κ1) is 12.2. The maximum atomic E-state index is 11.6. The Morgan fingerprint density at radius 2 is 2.00 bits per heavy atom. The van der Waals surface area contributed by atoms with Gasteiger partial charge in [-0.2, -0.15) is 0 Å². The minimum Gasteiger partial charge on any atom is -0.309 e. The van der Waals surface area contributed by atoms with Gasteiger partial charge in [-0.05, 0) is 30.5 Å². The number of benzene rings is 1. The Balaban J connectivity index is 3.06. The molecule has 0 aliphatic carbocycles. The normalized spacial score (nSPS) is 14.7. The fourth-order valence-corrected chi connectivity index (χ4v) is 1.82. The lowest BCUT2D eigenvalue weighted by Gasteiger charge is -2.16. The molecule has 1 aromatic carbocycles. The third kappa shape index (κ3) is 2.58. The summed E-state index contributed by atoms with van der Waals surface area (Å²) in [6, 6.07) is 5.92. The Morgan fingerprint density at radius 1 is 1.40 bits per heavy atom. The molecule has 2 unspecified atom stereocenters. The molecule has 2 nitrogen and oxygen atoms in total. The van der Waals surface area contributed by atoms with Crippen LogP contribution in [0.2, 0.25) is 0 Å². The number of alkyl halides is 1. The van der Waals surface area contributed by atoms with Crippen LogP contribution < -0.4 is 5.73 Å². The molecule has 15 heavy (non-hydrogen) atoms. The lowest BCUT2D eigenvalue weighted by atomic mass is 9.90. The van der Waals surface area contributed by atoms with Crippen LogP contribution in [0.4, 0.5) is 0 Å². The van der Waals surface area contributed by atoms with Gasteiger partial charge < -0.3 is 5.73 Å². The number of aryl methyl sites for hydroxylation is 1. The smallest absolute Gasteiger partial charge is 0.171 e. The summed E-state index contributed by atoms with van der Waals surface area (Å²) in [4.78, 5) is 11.6. The van der Waals surface area contributed by atoms with Gasteiger partial charge in [0.2, 0.25) is 0 Å². The van der Waals surface area contributed by atoms with E-state index in [2.05, 4.69) is 0 Å². The van der Waals surface area contributed by atoms with Crippen molar-refractivity contribution in [3.63, 3.8) is 0 Å². The molecule has 2 atom stereocenters. The number of hydrogen-bond donors (Lipinski definition) is 1. The summed E-state index contributed by atoms with van der Waals surface area (Å²) in [7, 11) is 0. The topological polar surface area (TPSA) is 43.1 Å². The molecule has 0 aromatic heterocycles. The van der Waals surface area contributed by atoms with Gasteiger partial charge in [-0.1, -0.05) is 36.7 Å². The van der Waals surface area contributed by atoms with Gasteiger partial charge in [0, 0.05) is 5.92 Å². The Bertz CT molecular complexity index is 374. The van der Waals surface area contributed by atoms with E-state index >= 15 is 0 Å².